The topological polar surface area (TPSA) is 112 Å². The average molecular weight is 557 g/mol. The van der Waals surface area contributed by atoms with Crippen LogP contribution in [0.25, 0.3) is 0 Å². The molecule has 1 spiro atoms. The van der Waals surface area contributed by atoms with Gasteiger partial charge in [0.1, 0.15) is 11.5 Å². The number of rotatable bonds is 4. The van der Waals surface area contributed by atoms with Crippen molar-refractivity contribution >= 4 is 11.9 Å². The van der Waals surface area contributed by atoms with E-state index in [1.54, 1.807) is 0 Å². The summed E-state index contributed by atoms with van der Waals surface area (Å²) in [7, 11) is 1.99. The summed E-state index contributed by atoms with van der Waals surface area (Å²) in [4.78, 5) is 23.0. The van der Waals surface area contributed by atoms with Crippen LogP contribution in [0, 0.1) is 12.3 Å². The van der Waals surface area contributed by atoms with Gasteiger partial charge in [-0.05, 0) is 56.8 Å². The maximum absolute atomic E-state index is 10.6. The summed E-state index contributed by atoms with van der Waals surface area (Å²) < 4.78 is 71.1. The standard InChI is InChI=1S/C19H28N4O.2C2HF3O2/c1-16-4-5-18(24-16)13-23-9-7-19(15-23)6-3-8-22(14-19)12-17-10-20-21(2)11-17;2*3-2(4,5)1(6)7/h4-5,10-11H,3,6-9,12-15H2,1-2H3;2*(H,6,7). The first kappa shape index (κ1) is 31.1. The van der Waals surface area contributed by atoms with Crippen LogP contribution >= 0.6 is 0 Å². The van der Waals surface area contributed by atoms with Crippen LogP contribution in [0.5, 0.6) is 0 Å². The minimum absolute atomic E-state index is 0.474. The molecule has 15 heteroatoms. The van der Waals surface area contributed by atoms with Crippen molar-refractivity contribution in [2.24, 2.45) is 12.5 Å². The number of aliphatic carboxylic acids is 2. The molecule has 0 aromatic carbocycles. The molecular formula is C23H30F6N4O5. The summed E-state index contributed by atoms with van der Waals surface area (Å²) in [5.74, 6) is -3.40. The molecule has 0 amide bonds. The number of furan rings is 1. The Bertz CT molecular complexity index is 1040. The third kappa shape index (κ3) is 10.0. The second-order valence-corrected chi connectivity index (χ2v) is 9.42. The van der Waals surface area contributed by atoms with Gasteiger partial charge >= 0.3 is 24.3 Å². The van der Waals surface area contributed by atoms with E-state index in [9.17, 15) is 26.3 Å². The molecule has 1 atom stereocenters. The number of alkyl halides is 6. The zero-order valence-corrected chi connectivity index (χ0v) is 20.8. The van der Waals surface area contributed by atoms with Crippen molar-refractivity contribution in [1.29, 1.82) is 0 Å². The Morgan fingerprint density at radius 2 is 1.53 bits per heavy atom. The van der Waals surface area contributed by atoms with E-state index < -0.39 is 24.3 Å². The molecule has 2 aromatic heterocycles. The monoisotopic (exact) mass is 556 g/mol. The molecule has 2 aliphatic heterocycles. The molecule has 214 valence electrons. The highest BCUT2D eigenvalue weighted by atomic mass is 19.4. The van der Waals surface area contributed by atoms with Gasteiger partial charge in [-0.25, -0.2) is 9.59 Å². The molecule has 2 N–H and O–H groups in total. The molecule has 2 aliphatic rings. The van der Waals surface area contributed by atoms with Crippen molar-refractivity contribution in [1.82, 2.24) is 19.6 Å². The van der Waals surface area contributed by atoms with Crippen LogP contribution in [0.15, 0.2) is 28.9 Å². The maximum Gasteiger partial charge on any atom is 0.490 e. The number of hydrogen-bond acceptors (Lipinski definition) is 6. The third-order valence-electron chi connectivity index (χ3n) is 6.08. The molecule has 1 unspecified atom stereocenters. The fraction of sp³-hybridized carbons (Fsp3) is 0.609. The van der Waals surface area contributed by atoms with Gasteiger partial charge in [0, 0.05) is 38.4 Å². The Labute approximate surface area is 214 Å². The Morgan fingerprint density at radius 1 is 0.974 bits per heavy atom. The maximum atomic E-state index is 10.6. The molecule has 2 fully saturated rings. The van der Waals surface area contributed by atoms with Gasteiger partial charge in [0.15, 0.2) is 0 Å². The lowest BCUT2D eigenvalue weighted by Gasteiger charge is -2.40. The number of carbonyl (C=O) groups is 2. The van der Waals surface area contributed by atoms with Gasteiger partial charge in [0.25, 0.3) is 0 Å². The van der Waals surface area contributed by atoms with Crippen LogP contribution in [-0.4, -0.2) is 80.3 Å². The molecule has 0 radical (unpaired) electrons. The fourth-order valence-corrected chi connectivity index (χ4v) is 4.54. The van der Waals surface area contributed by atoms with E-state index in [0.29, 0.717) is 5.41 Å². The van der Waals surface area contributed by atoms with E-state index in [4.69, 9.17) is 24.2 Å². The minimum atomic E-state index is -5.08. The van der Waals surface area contributed by atoms with Crippen molar-refractivity contribution < 1.29 is 50.6 Å². The Kier molecular flexibility index (Phi) is 10.4. The van der Waals surface area contributed by atoms with Crippen LogP contribution in [-0.2, 0) is 29.7 Å². The van der Waals surface area contributed by atoms with Crippen molar-refractivity contribution in [3.63, 3.8) is 0 Å². The first-order chi connectivity index (χ1) is 17.5. The van der Waals surface area contributed by atoms with Crippen molar-refractivity contribution in [3.8, 4) is 0 Å². The van der Waals surface area contributed by atoms with E-state index in [1.807, 2.05) is 24.9 Å². The van der Waals surface area contributed by atoms with Crippen molar-refractivity contribution in [3.05, 3.63) is 41.6 Å². The zero-order chi connectivity index (χ0) is 28.7. The molecule has 2 saturated heterocycles. The summed E-state index contributed by atoms with van der Waals surface area (Å²) in [6, 6.07) is 4.19. The quantitative estimate of drug-likeness (QED) is 0.542. The van der Waals surface area contributed by atoms with Gasteiger partial charge in [0.05, 0.1) is 12.7 Å². The zero-order valence-electron chi connectivity index (χ0n) is 20.8. The molecule has 0 aliphatic carbocycles. The number of carboxylic acids is 2. The second kappa shape index (κ2) is 12.7. The lowest BCUT2D eigenvalue weighted by Crippen LogP contribution is -2.44. The number of aryl methyl sites for hydroxylation is 2. The molecule has 38 heavy (non-hydrogen) atoms. The molecular weight excluding hydrogens is 526 g/mol. The predicted octanol–water partition coefficient (Wildman–Crippen LogP) is 4.08. The normalized spacial score (nSPS) is 20.4. The van der Waals surface area contributed by atoms with Gasteiger partial charge in [-0.2, -0.15) is 31.4 Å². The van der Waals surface area contributed by atoms with Crippen molar-refractivity contribution in [2.75, 3.05) is 26.2 Å². The molecule has 4 rings (SSSR count). The van der Waals surface area contributed by atoms with Gasteiger partial charge in [-0.3, -0.25) is 14.5 Å². The number of likely N-dealkylation sites (tertiary alicyclic amines) is 2. The van der Waals surface area contributed by atoms with E-state index in [2.05, 4.69) is 33.2 Å². The highest BCUT2D eigenvalue weighted by molar-refractivity contribution is 5.73. The van der Waals surface area contributed by atoms with E-state index in [1.165, 1.54) is 51.0 Å². The van der Waals surface area contributed by atoms with Gasteiger partial charge in [-0.1, -0.05) is 0 Å². The minimum Gasteiger partial charge on any atom is -0.475 e. The predicted molar refractivity (Wildman–Crippen MR) is 121 cm³/mol. The fourth-order valence-electron chi connectivity index (χ4n) is 4.54. The number of aromatic nitrogens is 2. The third-order valence-corrected chi connectivity index (χ3v) is 6.08. The molecule has 0 bridgehead atoms. The Morgan fingerprint density at radius 3 is 1.97 bits per heavy atom. The van der Waals surface area contributed by atoms with Crippen LogP contribution < -0.4 is 0 Å². The van der Waals surface area contributed by atoms with Crippen LogP contribution in [0.1, 0.15) is 36.3 Å². The second-order valence-electron chi connectivity index (χ2n) is 9.42. The SMILES string of the molecule is Cc1ccc(CN2CCC3(CCCN(Cc4cnn(C)c4)C3)C2)o1.O=C(O)C(F)(F)F.O=C(O)C(F)(F)F. The number of halogens is 6. The number of carboxylic acid groups (broad SMARTS) is 2. The summed E-state index contributed by atoms with van der Waals surface area (Å²) in [5, 5.41) is 18.6. The summed E-state index contributed by atoms with van der Waals surface area (Å²) in [6.07, 6.45) is -2.03. The van der Waals surface area contributed by atoms with Gasteiger partial charge in [-0.15, -0.1) is 0 Å². The lowest BCUT2D eigenvalue weighted by atomic mass is 9.79. The molecule has 0 saturated carbocycles. The molecule has 9 nitrogen and oxygen atoms in total. The number of piperidine rings is 1. The van der Waals surface area contributed by atoms with Crippen LogP contribution in [0.3, 0.4) is 0 Å². The summed E-state index contributed by atoms with van der Waals surface area (Å²) in [5.41, 5.74) is 1.80. The Balaban J connectivity index is 0.000000301. The van der Waals surface area contributed by atoms with Crippen LogP contribution in [0.2, 0.25) is 0 Å². The van der Waals surface area contributed by atoms with E-state index in [-0.39, 0.29) is 0 Å². The first-order valence-corrected chi connectivity index (χ1v) is 11.6. The number of nitrogens with zero attached hydrogens (tertiary/aromatic N) is 4. The highest BCUT2D eigenvalue weighted by Crippen LogP contribution is 2.39. The largest absolute Gasteiger partial charge is 0.490 e. The molecule has 2 aromatic rings. The smallest absolute Gasteiger partial charge is 0.475 e. The van der Waals surface area contributed by atoms with Crippen molar-refractivity contribution in [2.45, 2.75) is 51.6 Å². The Hall–Kier alpha value is -3.07. The van der Waals surface area contributed by atoms with Gasteiger partial charge < -0.3 is 14.6 Å². The highest BCUT2D eigenvalue weighted by Gasteiger charge is 2.41. The average Bonchev–Trinajstić information content (AvgIpc) is 3.49. The number of hydrogen-bond donors (Lipinski definition) is 2. The van der Waals surface area contributed by atoms with E-state index >= 15 is 0 Å². The van der Waals surface area contributed by atoms with Gasteiger partial charge in [0.2, 0.25) is 0 Å². The summed E-state index contributed by atoms with van der Waals surface area (Å²) in [6.45, 7) is 8.85. The van der Waals surface area contributed by atoms with E-state index in [0.717, 1.165) is 24.6 Å². The van der Waals surface area contributed by atoms with Crippen LogP contribution in [0.4, 0.5) is 26.3 Å². The first-order valence-electron chi connectivity index (χ1n) is 11.6. The summed E-state index contributed by atoms with van der Waals surface area (Å²) >= 11 is 0. The molecule has 4 heterocycles. The lowest BCUT2D eigenvalue weighted by molar-refractivity contribution is -0.193.